The number of carbonyl (C=O) groups excluding carboxylic acids is 1. The molecule has 0 atom stereocenters. The van der Waals surface area contributed by atoms with Crippen molar-refractivity contribution in [3.8, 4) is 11.5 Å². The summed E-state index contributed by atoms with van der Waals surface area (Å²) in [6.45, 7) is 0.986. The molecule has 0 aliphatic heterocycles. The summed E-state index contributed by atoms with van der Waals surface area (Å²) in [6.07, 6.45) is 1.11. The maximum Gasteiger partial charge on any atom is 0.220 e. The minimum atomic E-state index is 0.00955. The van der Waals surface area contributed by atoms with E-state index in [0.29, 0.717) is 26.0 Å². The van der Waals surface area contributed by atoms with Gasteiger partial charge in [-0.3, -0.25) is 4.79 Å². The largest absolute Gasteiger partial charge is 0.496 e. The van der Waals surface area contributed by atoms with E-state index in [2.05, 4.69) is 21.2 Å². The fourth-order valence-electron chi connectivity index (χ4n) is 2.08. The molecule has 0 heterocycles. The first-order chi connectivity index (χ1) is 11.2. The average molecular weight is 378 g/mol. The summed E-state index contributed by atoms with van der Waals surface area (Å²) in [5.41, 5.74) is 0.967. The van der Waals surface area contributed by atoms with Crippen LogP contribution in [0.25, 0.3) is 0 Å². The third-order valence-corrected chi connectivity index (χ3v) is 3.83. The highest BCUT2D eigenvalue weighted by Crippen LogP contribution is 2.17. The highest BCUT2D eigenvalue weighted by Gasteiger charge is 2.05. The van der Waals surface area contributed by atoms with Gasteiger partial charge in [0.1, 0.15) is 11.5 Å². The molecule has 2 aromatic rings. The second-order valence-electron chi connectivity index (χ2n) is 4.99. The van der Waals surface area contributed by atoms with Crippen molar-refractivity contribution in [1.29, 1.82) is 0 Å². The third kappa shape index (κ3) is 5.94. The lowest BCUT2D eigenvalue weighted by Gasteiger charge is -2.10. The van der Waals surface area contributed by atoms with Crippen LogP contribution in [-0.4, -0.2) is 19.6 Å². The number of halogens is 1. The molecule has 122 valence electrons. The van der Waals surface area contributed by atoms with Crippen LogP contribution >= 0.6 is 15.9 Å². The summed E-state index contributed by atoms with van der Waals surface area (Å²) < 4.78 is 11.9. The molecule has 23 heavy (non-hydrogen) atoms. The van der Waals surface area contributed by atoms with E-state index in [-0.39, 0.29) is 5.91 Å². The van der Waals surface area contributed by atoms with E-state index in [0.717, 1.165) is 21.5 Å². The Labute approximate surface area is 144 Å². The van der Waals surface area contributed by atoms with Gasteiger partial charge in [0, 0.05) is 23.0 Å². The molecule has 2 aromatic carbocycles. The van der Waals surface area contributed by atoms with E-state index in [9.17, 15) is 4.79 Å². The summed E-state index contributed by atoms with van der Waals surface area (Å²) >= 11 is 3.38. The average Bonchev–Trinajstić information content (AvgIpc) is 2.58. The zero-order valence-corrected chi connectivity index (χ0v) is 14.6. The summed E-state index contributed by atoms with van der Waals surface area (Å²) in [5.74, 6) is 1.60. The molecule has 0 radical (unpaired) electrons. The summed E-state index contributed by atoms with van der Waals surface area (Å²) in [5, 5.41) is 2.90. The first kappa shape index (κ1) is 17.3. The van der Waals surface area contributed by atoms with Gasteiger partial charge in [0.25, 0.3) is 0 Å². The zero-order chi connectivity index (χ0) is 16.5. The van der Waals surface area contributed by atoms with Crippen LogP contribution in [0.4, 0.5) is 0 Å². The van der Waals surface area contributed by atoms with Crippen LogP contribution in [0, 0.1) is 0 Å². The zero-order valence-electron chi connectivity index (χ0n) is 13.0. The maximum atomic E-state index is 11.9. The number of para-hydroxylation sites is 1. The SMILES string of the molecule is COc1ccccc1CNC(=O)CCCOc1ccc(Br)cc1. The van der Waals surface area contributed by atoms with Crippen molar-refractivity contribution in [1.82, 2.24) is 5.32 Å². The van der Waals surface area contributed by atoms with Crippen molar-refractivity contribution in [3.63, 3.8) is 0 Å². The van der Waals surface area contributed by atoms with E-state index < -0.39 is 0 Å². The molecule has 0 saturated carbocycles. The quantitative estimate of drug-likeness (QED) is 0.708. The molecule has 4 nitrogen and oxygen atoms in total. The Hall–Kier alpha value is -2.01. The molecule has 0 bridgehead atoms. The van der Waals surface area contributed by atoms with Gasteiger partial charge < -0.3 is 14.8 Å². The molecule has 0 aliphatic carbocycles. The van der Waals surface area contributed by atoms with E-state index in [1.165, 1.54) is 0 Å². The normalized spacial score (nSPS) is 10.2. The standard InChI is InChI=1S/C18H20BrNO3/c1-22-17-6-3-2-5-14(17)13-20-18(21)7-4-12-23-16-10-8-15(19)9-11-16/h2-3,5-6,8-11H,4,7,12-13H2,1H3,(H,20,21). The van der Waals surface area contributed by atoms with Crippen LogP contribution in [-0.2, 0) is 11.3 Å². The maximum absolute atomic E-state index is 11.9. The predicted octanol–water partition coefficient (Wildman–Crippen LogP) is 3.93. The number of methoxy groups -OCH3 is 1. The Morgan fingerprint density at radius 1 is 1.13 bits per heavy atom. The molecule has 0 saturated heterocycles. The number of benzene rings is 2. The number of amides is 1. The molecule has 0 aliphatic rings. The number of ether oxygens (including phenoxy) is 2. The van der Waals surface area contributed by atoms with Crippen molar-refractivity contribution >= 4 is 21.8 Å². The topological polar surface area (TPSA) is 47.6 Å². The van der Waals surface area contributed by atoms with Crippen LogP contribution in [0.15, 0.2) is 53.0 Å². The molecule has 0 spiro atoms. The summed E-state index contributed by atoms with van der Waals surface area (Å²) in [4.78, 5) is 11.9. The van der Waals surface area contributed by atoms with Gasteiger partial charge in [0.2, 0.25) is 5.91 Å². The number of carbonyl (C=O) groups is 1. The molecule has 2 rings (SSSR count). The Kier molecular flexibility index (Phi) is 6.94. The Balaban J connectivity index is 1.66. The number of hydrogen-bond donors (Lipinski definition) is 1. The fraction of sp³-hybridized carbons (Fsp3) is 0.278. The number of nitrogens with one attached hydrogen (secondary N) is 1. The van der Waals surface area contributed by atoms with Crippen molar-refractivity contribution in [2.45, 2.75) is 19.4 Å². The third-order valence-electron chi connectivity index (χ3n) is 3.30. The molecule has 0 unspecified atom stereocenters. The highest BCUT2D eigenvalue weighted by atomic mass is 79.9. The summed E-state index contributed by atoms with van der Waals surface area (Å²) in [7, 11) is 1.63. The van der Waals surface area contributed by atoms with E-state index in [1.54, 1.807) is 7.11 Å². The van der Waals surface area contributed by atoms with Gasteiger partial charge in [0.15, 0.2) is 0 Å². The van der Waals surface area contributed by atoms with Gasteiger partial charge in [-0.1, -0.05) is 34.1 Å². The van der Waals surface area contributed by atoms with E-state index >= 15 is 0 Å². The monoisotopic (exact) mass is 377 g/mol. The number of hydrogen-bond acceptors (Lipinski definition) is 3. The first-order valence-electron chi connectivity index (χ1n) is 7.46. The van der Waals surface area contributed by atoms with Crippen LogP contribution in [0.2, 0.25) is 0 Å². The predicted molar refractivity (Wildman–Crippen MR) is 93.7 cm³/mol. The Bertz CT molecular complexity index is 628. The summed E-state index contributed by atoms with van der Waals surface area (Å²) in [6, 6.07) is 15.3. The molecule has 5 heteroatoms. The van der Waals surface area contributed by atoms with Gasteiger partial charge in [0.05, 0.1) is 13.7 Å². The van der Waals surface area contributed by atoms with Crippen LogP contribution in [0.5, 0.6) is 11.5 Å². The van der Waals surface area contributed by atoms with Crippen molar-refractivity contribution < 1.29 is 14.3 Å². The fourth-order valence-corrected chi connectivity index (χ4v) is 2.35. The second kappa shape index (κ2) is 9.20. The van der Waals surface area contributed by atoms with Gasteiger partial charge in [-0.15, -0.1) is 0 Å². The first-order valence-corrected chi connectivity index (χ1v) is 8.25. The van der Waals surface area contributed by atoms with Gasteiger partial charge in [-0.2, -0.15) is 0 Å². The highest BCUT2D eigenvalue weighted by molar-refractivity contribution is 9.10. The van der Waals surface area contributed by atoms with Crippen LogP contribution in [0.1, 0.15) is 18.4 Å². The minimum absolute atomic E-state index is 0.00955. The molecule has 0 aromatic heterocycles. The minimum Gasteiger partial charge on any atom is -0.496 e. The molecule has 0 fully saturated rings. The lowest BCUT2D eigenvalue weighted by molar-refractivity contribution is -0.121. The molecular weight excluding hydrogens is 358 g/mol. The van der Waals surface area contributed by atoms with E-state index in [1.807, 2.05) is 48.5 Å². The van der Waals surface area contributed by atoms with Gasteiger partial charge in [-0.05, 0) is 36.8 Å². The Morgan fingerprint density at radius 3 is 2.61 bits per heavy atom. The van der Waals surface area contributed by atoms with E-state index in [4.69, 9.17) is 9.47 Å². The molecule has 1 N–H and O–H groups in total. The Morgan fingerprint density at radius 2 is 1.87 bits per heavy atom. The van der Waals surface area contributed by atoms with Gasteiger partial charge in [-0.25, -0.2) is 0 Å². The van der Waals surface area contributed by atoms with Crippen LogP contribution in [0.3, 0.4) is 0 Å². The van der Waals surface area contributed by atoms with Gasteiger partial charge >= 0.3 is 0 Å². The number of rotatable bonds is 8. The van der Waals surface area contributed by atoms with Crippen molar-refractivity contribution in [3.05, 3.63) is 58.6 Å². The smallest absolute Gasteiger partial charge is 0.220 e. The van der Waals surface area contributed by atoms with Crippen molar-refractivity contribution in [2.24, 2.45) is 0 Å². The molecular formula is C18H20BrNO3. The second-order valence-corrected chi connectivity index (χ2v) is 5.91. The van der Waals surface area contributed by atoms with Crippen LogP contribution < -0.4 is 14.8 Å². The lowest BCUT2D eigenvalue weighted by Crippen LogP contribution is -2.23. The lowest BCUT2D eigenvalue weighted by atomic mass is 10.2. The molecule has 1 amide bonds. The van der Waals surface area contributed by atoms with Crippen molar-refractivity contribution in [2.75, 3.05) is 13.7 Å².